The Hall–Kier alpha value is -1.36. The van der Waals surface area contributed by atoms with Crippen LogP contribution >= 0.6 is 22.9 Å². The van der Waals surface area contributed by atoms with Gasteiger partial charge in [-0.3, -0.25) is 9.69 Å². The highest BCUT2D eigenvalue weighted by molar-refractivity contribution is 7.10. The fourth-order valence-corrected chi connectivity index (χ4v) is 3.46. The standard InChI is InChI=1S/C15H15ClN2OS/c16-14(15(19)17-12-4-2-1-3-5-12)18-8-6-13-11(10-18)7-9-20-13/h1-5,7,9,14H,6,8,10H2,(H,17,19). The van der Waals surface area contributed by atoms with E-state index in [1.807, 2.05) is 35.2 Å². The highest BCUT2D eigenvalue weighted by Crippen LogP contribution is 2.26. The minimum absolute atomic E-state index is 0.170. The average Bonchev–Trinajstić information content (AvgIpc) is 2.94. The molecule has 0 saturated carbocycles. The highest BCUT2D eigenvalue weighted by atomic mass is 35.5. The minimum Gasteiger partial charge on any atom is -0.324 e. The molecule has 1 aromatic heterocycles. The quantitative estimate of drug-likeness (QED) is 0.697. The molecule has 5 heteroatoms. The lowest BCUT2D eigenvalue weighted by Crippen LogP contribution is -2.42. The van der Waals surface area contributed by atoms with Crippen molar-refractivity contribution >= 4 is 34.5 Å². The maximum atomic E-state index is 12.2. The Bertz CT molecular complexity index is 599. The van der Waals surface area contributed by atoms with Crippen molar-refractivity contribution in [2.75, 3.05) is 11.9 Å². The van der Waals surface area contributed by atoms with Gasteiger partial charge in [0.05, 0.1) is 0 Å². The molecule has 0 aliphatic carbocycles. The molecule has 3 nitrogen and oxygen atoms in total. The van der Waals surface area contributed by atoms with Gasteiger partial charge in [0.25, 0.3) is 5.91 Å². The van der Waals surface area contributed by atoms with Gasteiger partial charge in [-0.25, -0.2) is 0 Å². The van der Waals surface area contributed by atoms with Crippen LogP contribution in [0.15, 0.2) is 41.8 Å². The normalized spacial score (nSPS) is 16.4. The lowest BCUT2D eigenvalue weighted by atomic mass is 10.1. The zero-order valence-corrected chi connectivity index (χ0v) is 12.5. The van der Waals surface area contributed by atoms with E-state index in [4.69, 9.17) is 11.6 Å². The van der Waals surface area contributed by atoms with E-state index in [9.17, 15) is 4.79 Å². The van der Waals surface area contributed by atoms with E-state index in [0.717, 1.165) is 25.2 Å². The van der Waals surface area contributed by atoms with Gasteiger partial charge in [0.1, 0.15) is 0 Å². The first-order chi connectivity index (χ1) is 9.74. The molecule has 104 valence electrons. The van der Waals surface area contributed by atoms with Crippen LogP contribution in [0.5, 0.6) is 0 Å². The monoisotopic (exact) mass is 306 g/mol. The molecule has 1 N–H and O–H groups in total. The average molecular weight is 307 g/mol. The molecular weight excluding hydrogens is 292 g/mol. The molecule has 3 rings (SSSR count). The molecule has 1 atom stereocenters. The number of carbonyl (C=O) groups is 1. The van der Waals surface area contributed by atoms with Crippen molar-refractivity contribution in [3.63, 3.8) is 0 Å². The predicted molar refractivity (Wildman–Crippen MR) is 83.1 cm³/mol. The third-order valence-electron chi connectivity index (χ3n) is 3.42. The van der Waals surface area contributed by atoms with Crippen molar-refractivity contribution in [3.05, 3.63) is 52.2 Å². The lowest BCUT2D eigenvalue weighted by molar-refractivity contribution is -0.119. The van der Waals surface area contributed by atoms with Gasteiger partial charge in [-0.05, 0) is 35.6 Å². The summed E-state index contributed by atoms with van der Waals surface area (Å²) in [7, 11) is 0. The van der Waals surface area contributed by atoms with Gasteiger partial charge in [-0.1, -0.05) is 29.8 Å². The van der Waals surface area contributed by atoms with E-state index in [1.54, 1.807) is 11.3 Å². The van der Waals surface area contributed by atoms with Gasteiger partial charge in [0, 0.05) is 23.7 Å². The topological polar surface area (TPSA) is 32.3 Å². The summed E-state index contributed by atoms with van der Waals surface area (Å²) in [6.07, 6.45) is 0.967. The molecule has 0 bridgehead atoms. The maximum absolute atomic E-state index is 12.2. The predicted octanol–water partition coefficient (Wildman–Crippen LogP) is 3.31. The number of benzene rings is 1. The van der Waals surface area contributed by atoms with Crippen LogP contribution in [0.3, 0.4) is 0 Å². The lowest BCUT2D eigenvalue weighted by Gasteiger charge is -2.30. The molecular formula is C15H15ClN2OS. The number of para-hydroxylation sites is 1. The second-order valence-corrected chi connectivity index (χ2v) is 6.19. The van der Waals surface area contributed by atoms with E-state index in [0.29, 0.717) is 0 Å². The first kappa shape index (κ1) is 13.6. The molecule has 1 aliphatic rings. The van der Waals surface area contributed by atoms with Crippen LogP contribution in [0, 0.1) is 0 Å². The molecule has 20 heavy (non-hydrogen) atoms. The van der Waals surface area contributed by atoms with Gasteiger partial charge in [-0.15, -0.1) is 11.3 Å². The fourth-order valence-electron chi connectivity index (χ4n) is 2.35. The van der Waals surface area contributed by atoms with Crippen molar-refractivity contribution in [2.45, 2.75) is 18.5 Å². The second-order valence-electron chi connectivity index (χ2n) is 4.78. The number of halogens is 1. The molecule has 2 aromatic rings. The van der Waals surface area contributed by atoms with Crippen molar-refractivity contribution in [1.82, 2.24) is 4.90 Å². The van der Waals surface area contributed by atoms with Crippen LogP contribution in [0.2, 0.25) is 0 Å². The van der Waals surface area contributed by atoms with E-state index >= 15 is 0 Å². The molecule has 2 heterocycles. The van der Waals surface area contributed by atoms with Crippen LogP contribution in [0.25, 0.3) is 0 Å². The molecule has 1 aromatic carbocycles. The SMILES string of the molecule is O=C(Nc1ccccc1)C(Cl)N1CCc2sccc2C1. The van der Waals surface area contributed by atoms with Gasteiger partial charge in [0.2, 0.25) is 0 Å². The largest absolute Gasteiger partial charge is 0.324 e. The van der Waals surface area contributed by atoms with Crippen LogP contribution in [-0.2, 0) is 17.8 Å². The van der Waals surface area contributed by atoms with Gasteiger partial charge in [-0.2, -0.15) is 0 Å². The molecule has 1 aliphatic heterocycles. The molecule has 0 fully saturated rings. The van der Waals surface area contributed by atoms with Crippen molar-refractivity contribution < 1.29 is 4.79 Å². The Labute approximate surface area is 127 Å². The fraction of sp³-hybridized carbons (Fsp3) is 0.267. The first-order valence-corrected chi connectivity index (χ1v) is 7.85. The van der Waals surface area contributed by atoms with Crippen molar-refractivity contribution in [1.29, 1.82) is 0 Å². The Morgan fingerprint density at radius 2 is 2.10 bits per heavy atom. The first-order valence-electron chi connectivity index (χ1n) is 6.53. The third kappa shape index (κ3) is 2.87. The third-order valence-corrected chi connectivity index (χ3v) is 4.91. The number of fused-ring (bicyclic) bond motifs is 1. The summed E-state index contributed by atoms with van der Waals surface area (Å²) in [5, 5.41) is 4.95. The molecule has 0 spiro atoms. The molecule has 1 unspecified atom stereocenters. The number of amides is 1. The number of nitrogens with zero attached hydrogens (tertiary/aromatic N) is 1. The number of thiophene rings is 1. The molecule has 0 radical (unpaired) electrons. The van der Waals surface area contributed by atoms with Crippen LogP contribution in [-0.4, -0.2) is 22.9 Å². The number of anilines is 1. The maximum Gasteiger partial charge on any atom is 0.257 e. The second kappa shape index (κ2) is 5.95. The van der Waals surface area contributed by atoms with E-state index in [2.05, 4.69) is 16.8 Å². The number of nitrogens with one attached hydrogen (secondary N) is 1. The Balaban J connectivity index is 1.64. The smallest absolute Gasteiger partial charge is 0.257 e. The summed E-state index contributed by atoms with van der Waals surface area (Å²) >= 11 is 8.09. The van der Waals surface area contributed by atoms with Crippen LogP contribution in [0.4, 0.5) is 5.69 Å². The number of hydrogen-bond donors (Lipinski definition) is 1. The van der Waals surface area contributed by atoms with Crippen LogP contribution < -0.4 is 5.32 Å². The van der Waals surface area contributed by atoms with E-state index < -0.39 is 5.50 Å². The number of hydrogen-bond acceptors (Lipinski definition) is 3. The van der Waals surface area contributed by atoms with Gasteiger partial charge < -0.3 is 5.32 Å². The minimum atomic E-state index is -0.636. The van der Waals surface area contributed by atoms with Gasteiger partial charge >= 0.3 is 0 Å². The summed E-state index contributed by atoms with van der Waals surface area (Å²) in [6.45, 7) is 1.57. The van der Waals surface area contributed by atoms with Crippen LogP contribution in [0.1, 0.15) is 10.4 Å². The number of rotatable bonds is 3. The van der Waals surface area contributed by atoms with Crippen molar-refractivity contribution in [2.24, 2.45) is 0 Å². The Morgan fingerprint density at radius 3 is 2.90 bits per heavy atom. The van der Waals surface area contributed by atoms with Gasteiger partial charge in [0.15, 0.2) is 5.50 Å². The van der Waals surface area contributed by atoms with Crippen molar-refractivity contribution in [3.8, 4) is 0 Å². The number of carbonyl (C=O) groups excluding carboxylic acids is 1. The zero-order chi connectivity index (χ0) is 13.9. The molecule has 0 saturated heterocycles. The zero-order valence-electron chi connectivity index (χ0n) is 10.9. The molecule has 1 amide bonds. The van der Waals surface area contributed by atoms with E-state index in [1.165, 1.54) is 10.4 Å². The van der Waals surface area contributed by atoms with E-state index in [-0.39, 0.29) is 5.91 Å². The summed E-state index contributed by atoms with van der Waals surface area (Å²) < 4.78 is 0. The summed E-state index contributed by atoms with van der Waals surface area (Å²) in [4.78, 5) is 15.6. The Kier molecular flexibility index (Phi) is 4.05. The summed E-state index contributed by atoms with van der Waals surface area (Å²) in [5.41, 5.74) is 1.43. The highest BCUT2D eigenvalue weighted by Gasteiger charge is 2.27. The number of alkyl halides is 1. The Morgan fingerprint density at radius 1 is 1.30 bits per heavy atom. The summed E-state index contributed by atoms with van der Waals surface area (Å²) in [6, 6.07) is 11.5. The summed E-state index contributed by atoms with van der Waals surface area (Å²) in [5.74, 6) is -0.170.